The number of hydrazone groups is 1. The molecule has 2 aliphatic rings. The molecule has 1 aliphatic heterocycles. The maximum absolute atomic E-state index is 5.10. The lowest BCUT2D eigenvalue weighted by Gasteiger charge is -2.30. The van der Waals surface area contributed by atoms with Crippen LogP contribution < -0.4 is 5.01 Å². The zero-order chi connectivity index (χ0) is 16.6. The normalized spacial score (nSPS) is 21.4. The van der Waals surface area contributed by atoms with Crippen molar-refractivity contribution in [2.45, 2.75) is 18.9 Å². The van der Waals surface area contributed by atoms with E-state index in [9.17, 15) is 0 Å². The highest BCUT2D eigenvalue weighted by atomic mass is 15.5. The van der Waals surface area contributed by atoms with Crippen LogP contribution in [0.3, 0.4) is 0 Å². The molecule has 1 aliphatic carbocycles. The predicted octanol–water partition coefficient (Wildman–Crippen LogP) is 4.61. The largest absolute Gasteiger partial charge is 0.264 e. The number of rotatable bonds is 2. The summed E-state index contributed by atoms with van der Waals surface area (Å²) in [5.41, 5.74) is 6.31. The molecule has 0 spiro atoms. The maximum Gasteiger partial charge on any atom is 0.0874 e. The van der Waals surface area contributed by atoms with Crippen LogP contribution in [0.25, 0.3) is 0 Å². The predicted molar refractivity (Wildman–Crippen MR) is 101 cm³/mol. The average Bonchev–Trinajstić information content (AvgIpc) is 3.09. The Morgan fingerprint density at radius 2 is 1.72 bits per heavy atom. The zero-order valence-electron chi connectivity index (χ0n) is 13.9. The van der Waals surface area contributed by atoms with Gasteiger partial charge in [-0.1, -0.05) is 48.5 Å². The molecule has 25 heavy (non-hydrogen) atoms. The van der Waals surface area contributed by atoms with E-state index in [0.29, 0.717) is 5.92 Å². The van der Waals surface area contributed by atoms with Gasteiger partial charge in [-0.3, -0.25) is 9.99 Å². The van der Waals surface area contributed by atoms with Crippen molar-refractivity contribution >= 4 is 11.4 Å². The molecule has 2 heterocycles. The molecular formula is C22H19N3. The van der Waals surface area contributed by atoms with Gasteiger partial charge in [0.05, 0.1) is 17.4 Å². The van der Waals surface area contributed by atoms with Gasteiger partial charge in [-0.25, -0.2) is 0 Å². The Morgan fingerprint density at radius 1 is 0.880 bits per heavy atom. The third kappa shape index (κ3) is 2.35. The molecule has 1 aromatic heterocycles. The molecule has 0 bridgehead atoms. The second-order valence-electron chi connectivity index (χ2n) is 6.70. The number of hydrogen-bond acceptors (Lipinski definition) is 3. The van der Waals surface area contributed by atoms with E-state index >= 15 is 0 Å². The first-order valence-corrected chi connectivity index (χ1v) is 8.83. The van der Waals surface area contributed by atoms with Crippen molar-refractivity contribution in [2.75, 3.05) is 5.01 Å². The smallest absolute Gasteiger partial charge is 0.0874 e. The van der Waals surface area contributed by atoms with E-state index in [1.165, 1.54) is 22.4 Å². The van der Waals surface area contributed by atoms with E-state index in [-0.39, 0.29) is 6.04 Å². The molecule has 0 amide bonds. The van der Waals surface area contributed by atoms with Crippen molar-refractivity contribution in [3.8, 4) is 0 Å². The van der Waals surface area contributed by atoms with Gasteiger partial charge in [0.25, 0.3) is 0 Å². The van der Waals surface area contributed by atoms with Crippen molar-refractivity contribution in [3.63, 3.8) is 0 Å². The summed E-state index contributed by atoms with van der Waals surface area (Å²) in [7, 11) is 0. The van der Waals surface area contributed by atoms with Crippen molar-refractivity contribution in [1.82, 2.24) is 4.98 Å². The van der Waals surface area contributed by atoms with Crippen molar-refractivity contribution in [2.24, 2.45) is 11.0 Å². The second kappa shape index (κ2) is 5.85. The molecule has 0 radical (unpaired) electrons. The first kappa shape index (κ1) is 14.4. The molecule has 0 unspecified atom stereocenters. The minimum atomic E-state index is 0.208. The molecule has 0 saturated carbocycles. The standard InChI is InChI=1S/C22H19N3/c1-2-9-18(10-3-1)25-22(17-8-6-14-23-15-17)20-13-12-16-7-4-5-11-19(16)21(20)24-25/h1-11,14-15,20,22H,12-13H2/t20-,22-/m0/s1. The van der Waals surface area contributed by atoms with Crippen LogP contribution in [-0.4, -0.2) is 10.7 Å². The summed E-state index contributed by atoms with van der Waals surface area (Å²) >= 11 is 0. The number of pyridine rings is 1. The molecule has 3 nitrogen and oxygen atoms in total. The Kier molecular flexibility index (Phi) is 3.37. The summed E-state index contributed by atoms with van der Waals surface area (Å²) in [5.74, 6) is 0.402. The lowest BCUT2D eigenvalue weighted by atomic mass is 9.77. The molecular weight excluding hydrogens is 306 g/mol. The van der Waals surface area contributed by atoms with Gasteiger partial charge in [0, 0.05) is 23.9 Å². The van der Waals surface area contributed by atoms with E-state index in [2.05, 4.69) is 64.6 Å². The van der Waals surface area contributed by atoms with Crippen molar-refractivity contribution in [3.05, 3.63) is 95.8 Å². The van der Waals surface area contributed by atoms with Crippen LogP contribution in [0.15, 0.2) is 84.2 Å². The van der Waals surface area contributed by atoms with Gasteiger partial charge in [-0.2, -0.15) is 5.10 Å². The zero-order valence-corrected chi connectivity index (χ0v) is 13.9. The number of benzene rings is 2. The number of aryl methyl sites for hydroxylation is 1. The first-order valence-electron chi connectivity index (χ1n) is 8.83. The molecule has 122 valence electrons. The highest BCUT2D eigenvalue weighted by Gasteiger charge is 2.41. The van der Waals surface area contributed by atoms with Gasteiger partial charge < -0.3 is 0 Å². The topological polar surface area (TPSA) is 28.5 Å². The Hall–Kier alpha value is -2.94. The summed E-state index contributed by atoms with van der Waals surface area (Å²) < 4.78 is 0. The third-order valence-electron chi connectivity index (χ3n) is 5.28. The quantitative estimate of drug-likeness (QED) is 0.688. The Morgan fingerprint density at radius 3 is 2.56 bits per heavy atom. The number of anilines is 1. The van der Waals surface area contributed by atoms with Gasteiger partial charge in [-0.05, 0) is 42.2 Å². The van der Waals surface area contributed by atoms with E-state index in [4.69, 9.17) is 5.10 Å². The Bertz CT molecular complexity index is 918. The second-order valence-corrected chi connectivity index (χ2v) is 6.70. The Balaban J connectivity index is 1.66. The van der Waals surface area contributed by atoms with Crippen LogP contribution in [0.1, 0.15) is 29.2 Å². The fraction of sp³-hybridized carbons (Fsp3) is 0.182. The molecule has 3 aromatic rings. The minimum Gasteiger partial charge on any atom is -0.264 e. The monoisotopic (exact) mass is 325 g/mol. The fourth-order valence-corrected chi connectivity index (χ4v) is 4.14. The third-order valence-corrected chi connectivity index (χ3v) is 5.28. The van der Waals surface area contributed by atoms with Gasteiger partial charge in [0.2, 0.25) is 0 Å². The van der Waals surface area contributed by atoms with Crippen LogP contribution in [0.2, 0.25) is 0 Å². The van der Waals surface area contributed by atoms with E-state index in [1.807, 2.05) is 24.5 Å². The summed E-state index contributed by atoms with van der Waals surface area (Å²) in [4.78, 5) is 4.36. The summed E-state index contributed by atoms with van der Waals surface area (Å²) in [6.07, 6.45) is 6.06. The number of fused-ring (bicyclic) bond motifs is 3. The number of nitrogens with zero attached hydrogens (tertiary/aromatic N) is 3. The molecule has 3 heteroatoms. The lowest BCUT2D eigenvalue weighted by molar-refractivity contribution is 0.509. The van der Waals surface area contributed by atoms with Crippen molar-refractivity contribution < 1.29 is 0 Å². The van der Waals surface area contributed by atoms with E-state index in [0.717, 1.165) is 18.5 Å². The van der Waals surface area contributed by atoms with Crippen LogP contribution >= 0.6 is 0 Å². The average molecular weight is 325 g/mol. The lowest BCUT2D eigenvalue weighted by Crippen LogP contribution is -2.28. The van der Waals surface area contributed by atoms with E-state index < -0.39 is 0 Å². The Labute approximate surface area is 147 Å². The molecule has 0 fully saturated rings. The number of hydrogen-bond donors (Lipinski definition) is 0. The first-order chi connectivity index (χ1) is 12.4. The van der Waals surface area contributed by atoms with Crippen LogP contribution in [0.5, 0.6) is 0 Å². The fourth-order valence-electron chi connectivity index (χ4n) is 4.14. The molecule has 5 rings (SSSR count). The highest BCUT2D eigenvalue weighted by molar-refractivity contribution is 6.07. The van der Waals surface area contributed by atoms with Crippen LogP contribution in [0, 0.1) is 5.92 Å². The maximum atomic E-state index is 5.10. The van der Waals surface area contributed by atoms with Gasteiger partial charge >= 0.3 is 0 Å². The summed E-state index contributed by atoms with van der Waals surface area (Å²) in [6, 6.07) is 23.6. The van der Waals surface area contributed by atoms with Gasteiger partial charge in [0.15, 0.2) is 0 Å². The van der Waals surface area contributed by atoms with Crippen LogP contribution in [0.4, 0.5) is 5.69 Å². The number of para-hydroxylation sites is 1. The van der Waals surface area contributed by atoms with Crippen LogP contribution in [-0.2, 0) is 6.42 Å². The molecule has 2 aromatic carbocycles. The van der Waals surface area contributed by atoms with Crippen molar-refractivity contribution in [1.29, 1.82) is 0 Å². The minimum absolute atomic E-state index is 0.208. The SMILES string of the molecule is c1ccc(N2N=C3c4ccccc4CC[C@@H]3[C@@H]2c2cccnc2)cc1. The number of aromatic nitrogens is 1. The highest BCUT2D eigenvalue weighted by Crippen LogP contribution is 2.44. The molecule has 0 N–H and O–H groups in total. The summed E-state index contributed by atoms with van der Waals surface area (Å²) in [5, 5.41) is 7.30. The van der Waals surface area contributed by atoms with Gasteiger partial charge in [0.1, 0.15) is 0 Å². The molecule has 2 atom stereocenters. The summed E-state index contributed by atoms with van der Waals surface area (Å²) in [6.45, 7) is 0. The van der Waals surface area contributed by atoms with E-state index in [1.54, 1.807) is 0 Å². The molecule has 0 saturated heterocycles. The van der Waals surface area contributed by atoms with Gasteiger partial charge in [-0.15, -0.1) is 0 Å².